The number of hydrogen-bond donors (Lipinski definition) is 1. The molecule has 4 rings (SSSR count). The molecule has 0 aromatic heterocycles. The maximum Gasteiger partial charge on any atom is 0.106 e. The van der Waals surface area contributed by atoms with Crippen molar-refractivity contribution >= 4 is 0 Å². The monoisotopic (exact) mass is 351 g/mol. The second-order valence-corrected chi connectivity index (χ2v) is 10.7. The van der Waals surface area contributed by atoms with Crippen LogP contribution in [0.4, 0.5) is 4.39 Å². The fourth-order valence-corrected chi connectivity index (χ4v) is 8.43. The van der Waals surface area contributed by atoms with Crippen molar-refractivity contribution in [3.8, 4) is 0 Å². The average Bonchev–Trinajstić information content (AvgIpc) is 2.95. The highest BCUT2D eigenvalue weighted by Crippen LogP contribution is 2.69. The lowest BCUT2D eigenvalue weighted by Gasteiger charge is -2.63. The lowest BCUT2D eigenvalue weighted by molar-refractivity contribution is -0.166. The first-order chi connectivity index (χ1) is 12.2. The first kappa shape index (κ1) is 17.0. The number of halogens is 1. The van der Waals surface area contributed by atoms with Crippen LogP contribution >= 0.6 is 0 Å². The Morgan fingerprint density at radius 1 is 1.20 bits per heavy atom. The van der Waals surface area contributed by atoms with Crippen LogP contribution in [0.2, 0.25) is 0 Å². The van der Waals surface area contributed by atoms with Crippen molar-refractivity contribution in [3.05, 3.63) is 0 Å². The minimum atomic E-state index is -0.730. The van der Waals surface area contributed by atoms with E-state index in [0.717, 1.165) is 38.5 Å². The Bertz CT molecular complexity index is 540. The van der Waals surface area contributed by atoms with Crippen molar-refractivity contribution < 1.29 is 10.9 Å². The van der Waals surface area contributed by atoms with Crippen LogP contribution in [0.15, 0.2) is 0 Å². The van der Waals surface area contributed by atoms with E-state index < -0.39 is 6.17 Å². The first-order valence-electron chi connectivity index (χ1n) is 11.5. The highest BCUT2D eigenvalue weighted by atomic mass is 19.1. The molecule has 0 aromatic carbocycles. The molecule has 144 valence electrons. The van der Waals surface area contributed by atoms with E-state index in [4.69, 9.17) is 1.37 Å². The lowest BCUT2D eigenvalue weighted by Crippen LogP contribution is -2.59. The summed E-state index contributed by atoms with van der Waals surface area (Å²) in [6, 6.07) is 0. The van der Waals surface area contributed by atoms with Crippen molar-refractivity contribution in [2.24, 2.45) is 52.3 Å². The normalized spacial score (nSPS) is 60.2. The quantitative estimate of drug-likeness (QED) is 0.661. The molecule has 0 saturated heterocycles. The molecule has 0 aromatic rings. The van der Waals surface area contributed by atoms with Crippen LogP contribution in [0, 0.1) is 52.3 Å². The van der Waals surface area contributed by atoms with Gasteiger partial charge in [0.05, 0.1) is 0 Å². The summed E-state index contributed by atoms with van der Waals surface area (Å²) in [7, 11) is 0. The maximum absolute atomic E-state index is 15.9. The van der Waals surface area contributed by atoms with E-state index in [1.807, 2.05) is 0 Å². The molecule has 1 nitrogen and oxygen atoms in total. The molecule has 4 aliphatic rings. The molecular formula is C23H39FO. The van der Waals surface area contributed by atoms with Crippen molar-refractivity contribution in [1.82, 2.24) is 0 Å². The van der Waals surface area contributed by atoms with Gasteiger partial charge < -0.3 is 5.11 Å². The molecule has 4 fully saturated rings. The smallest absolute Gasteiger partial charge is 0.106 e. The van der Waals surface area contributed by atoms with Gasteiger partial charge in [-0.2, -0.15) is 0 Å². The van der Waals surface area contributed by atoms with Crippen molar-refractivity contribution in [2.75, 3.05) is 6.61 Å². The number of aliphatic hydroxyl groups is 1. The molecule has 9 unspecified atom stereocenters. The molecule has 2 heteroatoms. The molecule has 25 heavy (non-hydrogen) atoms. The van der Waals surface area contributed by atoms with Gasteiger partial charge in [-0.3, -0.25) is 0 Å². The fraction of sp³-hybridized carbons (Fsp3) is 1.00. The Morgan fingerprint density at radius 3 is 2.68 bits per heavy atom. The van der Waals surface area contributed by atoms with Crippen LogP contribution in [-0.2, 0) is 0 Å². The van der Waals surface area contributed by atoms with E-state index in [1.54, 1.807) is 0 Å². The third-order valence-electron chi connectivity index (χ3n) is 9.86. The molecular weight excluding hydrogens is 311 g/mol. The van der Waals surface area contributed by atoms with Gasteiger partial charge in [0.25, 0.3) is 0 Å². The number of aliphatic hydroxyl groups excluding tert-OH is 1. The van der Waals surface area contributed by atoms with Crippen LogP contribution in [0.1, 0.15) is 80.4 Å². The minimum absolute atomic E-state index is 0.105. The van der Waals surface area contributed by atoms with Gasteiger partial charge in [0, 0.05) is 13.4 Å². The van der Waals surface area contributed by atoms with E-state index >= 15 is 4.39 Å². The molecule has 0 radical (unpaired) electrons. The predicted molar refractivity (Wildman–Crippen MR) is 101 cm³/mol. The van der Waals surface area contributed by atoms with E-state index in [-0.39, 0.29) is 29.8 Å². The topological polar surface area (TPSA) is 20.2 Å². The average molecular weight is 352 g/mol. The predicted octanol–water partition coefficient (Wildman–Crippen LogP) is 5.86. The van der Waals surface area contributed by atoms with Gasteiger partial charge >= 0.3 is 0 Å². The van der Waals surface area contributed by atoms with E-state index in [2.05, 4.69) is 27.7 Å². The molecule has 1 N–H and O–H groups in total. The number of hydrogen-bond acceptors (Lipinski definition) is 1. The Kier molecular flexibility index (Phi) is 4.23. The summed E-state index contributed by atoms with van der Waals surface area (Å²) in [5.74, 6) is 3.45. The molecule has 0 bridgehead atoms. The van der Waals surface area contributed by atoms with Gasteiger partial charge in [-0.1, -0.05) is 40.5 Å². The lowest BCUT2D eigenvalue weighted by atomic mass is 9.42. The van der Waals surface area contributed by atoms with Gasteiger partial charge in [0.15, 0.2) is 0 Å². The van der Waals surface area contributed by atoms with Gasteiger partial charge in [0.2, 0.25) is 0 Å². The van der Waals surface area contributed by atoms with Crippen molar-refractivity contribution in [2.45, 2.75) is 85.2 Å². The molecule has 0 heterocycles. The standard InChI is InChI=1S/C23H39FO/c1-14-11-16-7-5-6-10-22(16,3)19-12-20(24)23(4)17(15(2)13-25)8-9-18(23)21(14)19/h14-21,25H,5-13H2,1-4H3/t14?,15?,16?,17?,18?,19?,20?,21?,22-,23+/m0/s1/i5D/t5?,14?,15?,16?,17?,18?,19?,20?,21?,22-,23+. The van der Waals surface area contributed by atoms with Crippen LogP contribution in [-0.4, -0.2) is 17.9 Å². The Labute approximate surface area is 155 Å². The zero-order chi connectivity index (χ0) is 18.9. The summed E-state index contributed by atoms with van der Waals surface area (Å²) in [4.78, 5) is 0. The summed E-state index contributed by atoms with van der Waals surface area (Å²) >= 11 is 0. The van der Waals surface area contributed by atoms with Gasteiger partial charge in [-0.05, 0) is 85.4 Å². The summed E-state index contributed by atoms with van der Waals surface area (Å²) in [5.41, 5.74) is 0.00841. The zero-order valence-corrected chi connectivity index (χ0v) is 16.7. The summed E-state index contributed by atoms with van der Waals surface area (Å²) in [6.45, 7) is 9.41. The highest BCUT2D eigenvalue weighted by Gasteiger charge is 2.65. The summed E-state index contributed by atoms with van der Waals surface area (Å²) in [5, 5.41) is 9.75. The van der Waals surface area contributed by atoms with Crippen molar-refractivity contribution in [1.29, 1.82) is 0 Å². The minimum Gasteiger partial charge on any atom is -0.396 e. The number of fused-ring (bicyclic) bond motifs is 5. The van der Waals surface area contributed by atoms with E-state index in [9.17, 15) is 5.11 Å². The van der Waals surface area contributed by atoms with Gasteiger partial charge in [-0.15, -0.1) is 0 Å². The van der Waals surface area contributed by atoms with Crippen LogP contribution in [0.3, 0.4) is 0 Å². The van der Waals surface area contributed by atoms with Crippen LogP contribution < -0.4 is 0 Å². The summed E-state index contributed by atoms with van der Waals surface area (Å²) < 4.78 is 24.1. The molecule has 11 atom stereocenters. The van der Waals surface area contributed by atoms with E-state index in [1.165, 1.54) is 6.42 Å². The Hall–Kier alpha value is -0.110. The SMILES string of the molecule is [2H]C1CC[C@@]2(C)C(C1)CC(C)C1C2CC(F)[C@]2(C)C(C(C)CO)CCC12. The molecule has 0 amide bonds. The highest BCUT2D eigenvalue weighted by molar-refractivity contribution is 5.13. The third-order valence-corrected chi connectivity index (χ3v) is 9.86. The van der Waals surface area contributed by atoms with Crippen LogP contribution in [0.5, 0.6) is 0 Å². The van der Waals surface area contributed by atoms with Gasteiger partial charge in [0.1, 0.15) is 6.17 Å². The second kappa shape index (κ2) is 6.21. The Balaban J connectivity index is 1.68. The largest absolute Gasteiger partial charge is 0.396 e. The van der Waals surface area contributed by atoms with Crippen LogP contribution in [0.25, 0.3) is 0 Å². The summed E-state index contributed by atoms with van der Waals surface area (Å²) in [6.07, 6.45) is 6.77. The van der Waals surface area contributed by atoms with Crippen molar-refractivity contribution in [3.63, 3.8) is 0 Å². The molecule has 0 aliphatic heterocycles. The third kappa shape index (κ3) is 2.41. The Morgan fingerprint density at radius 2 is 1.96 bits per heavy atom. The second-order valence-electron chi connectivity index (χ2n) is 10.7. The number of alkyl halides is 1. The number of rotatable bonds is 2. The molecule has 4 aliphatic carbocycles. The maximum atomic E-state index is 15.9. The molecule has 4 saturated carbocycles. The zero-order valence-electron chi connectivity index (χ0n) is 17.7. The van der Waals surface area contributed by atoms with Gasteiger partial charge in [-0.25, -0.2) is 4.39 Å². The molecule has 0 spiro atoms. The fourth-order valence-electron chi connectivity index (χ4n) is 8.43. The van der Waals surface area contributed by atoms with E-state index in [0.29, 0.717) is 35.5 Å². The first-order valence-corrected chi connectivity index (χ1v) is 10.9.